The summed E-state index contributed by atoms with van der Waals surface area (Å²) in [4.78, 5) is 3.85. The molecule has 0 saturated heterocycles. The highest BCUT2D eigenvalue weighted by molar-refractivity contribution is 7.91. The Hall–Kier alpha value is -1.09. The molecule has 0 bridgehead atoms. The van der Waals surface area contributed by atoms with Crippen molar-refractivity contribution in [1.82, 2.24) is 9.29 Å². The van der Waals surface area contributed by atoms with Crippen LogP contribution in [0.2, 0.25) is 4.47 Å². The Morgan fingerprint density at radius 2 is 2.05 bits per heavy atom. The summed E-state index contributed by atoms with van der Waals surface area (Å²) in [6.45, 7) is 1.31. The van der Waals surface area contributed by atoms with Gasteiger partial charge in [-0.15, -0.1) is 0 Å². The van der Waals surface area contributed by atoms with Gasteiger partial charge in [-0.05, 0) is 13.0 Å². The number of hydrogen-bond acceptors (Lipinski definition) is 4. The molecule has 2 aromatic rings. The number of aromatic nitrogens is 1. The fraction of sp³-hybridized carbons (Fsp3) is 0.250. The van der Waals surface area contributed by atoms with E-state index in [0.29, 0.717) is 6.07 Å². The van der Waals surface area contributed by atoms with E-state index in [4.69, 9.17) is 11.6 Å². The fourth-order valence-electron chi connectivity index (χ4n) is 1.71. The van der Waals surface area contributed by atoms with Crippen molar-refractivity contribution in [3.8, 4) is 0 Å². The van der Waals surface area contributed by atoms with Crippen molar-refractivity contribution < 1.29 is 17.2 Å². The first-order chi connectivity index (χ1) is 9.71. The topological polar surface area (TPSA) is 50.3 Å². The summed E-state index contributed by atoms with van der Waals surface area (Å²) < 4.78 is 52.3. The molecular formula is C12H11ClF2N2O2S2. The van der Waals surface area contributed by atoms with Gasteiger partial charge >= 0.3 is 0 Å². The lowest BCUT2D eigenvalue weighted by Gasteiger charge is -2.16. The molecule has 0 aliphatic rings. The predicted molar refractivity (Wildman–Crippen MR) is 76.9 cm³/mol. The summed E-state index contributed by atoms with van der Waals surface area (Å²) in [5, 5.41) is 0. The number of benzene rings is 1. The number of aryl methyl sites for hydroxylation is 1. The monoisotopic (exact) mass is 352 g/mol. The first-order valence-electron chi connectivity index (χ1n) is 5.75. The maximum atomic E-state index is 13.6. The number of thiazole rings is 1. The molecule has 0 radical (unpaired) electrons. The van der Waals surface area contributed by atoms with Gasteiger partial charge in [-0.1, -0.05) is 29.0 Å². The Kier molecular flexibility index (Phi) is 4.62. The Balaban J connectivity index is 2.31. The zero-order valence-corrected chi connectivity index (χ0v) is 13.5. The predicted octanol–water partition coefficient (Wildman–Crippen LogP) is 3.20. The van der Waals surface area contributed by atoms with E-state index in [1.807, 2.05) is 0 Å². The van der Waals surface area contributed by atoms with Crippen molar-refractivity contribution >= 4 is 33.0 Å². The van der Waals surface area contributed by atoms with Crippen LogP contribution in [0.4, 0.5) is 8.78 Å². The molecule has 2 rings (SSSR count). The van der Waals surface area contributed by atoms with Crippen LogP contribution in [0.1, 0.15) is 11.3 Å². The van der Waals surface area contributed by atoms with Gasteiger partial charge < -0.3 is 0 Å². The van der Waals surface area contributed by atoms with Crippen LogP contribution in [0.3, 0.4) is 0 Å². The van der Waals surface area contributed by atoms with Gasteiger partial charge in [-0.3, -0.25) is 0 Å². The second-order valence-electron chi connectivity index (χ2n) is 4.34. The highest BCUT2D eigenvalue weighted by atomic mass is 35.5. The van der Waals surface area contributed by atoms with Gasteiger partial charge in [-0.25, -0.2) is 22.2 Å². The minimum absolute atomic E-state index is 0.0116. The van der Waals surface area contributed by atoms with E-state index in [2.05, 4.69) is 4.98 Å². The van der Waals surface area contributed by atoms with Crippen LogP contribution in [-0.2, 0) is 16.6 Å². The van der Waals surface area contributed by atoms with Crippen molar-refractivity contribution in [1.29, 1.82) is 0 Å². The normalized spacial score (nSPS) is 12.1. The van der Waals surface area contributed by atoms with Crippen LogP contribution in [0.15, 0.2) is 22.4 Å². The number of nitrogens with zero attached hydrogens (tertiary/aromatic N) is 2. The van der Waals surface area contributed by atoms with E-state index >= 15 is 0 Å². The van der Waals surface area contributed by atoms with E-state index in [9.17, 15) is 17.2 Å². The number of rotatable bonds is 4. The van der Waals surface area contributed by atoms with Gasteiger partial charge in [-0.2, -0.15) is 4.31 Å². The lowest BCUT2D eigenvalue weighted by atomic mass is 10.2. The molecule has 0 N–H and O–H groups in total. The SMILES string of the molecule is Cc1nc(Cl)sc1S(=O)(=O)N(C)Cc1ccc(F)cc1F. The smallest absolute Gasteiger partial charge is 0.229 e. The highest BCUT2D eigenvalue weighted by Gasteiger charge is 2.27. The Morgan fingerprint density at radius 3 is 2.57 bits per heavy atom. The molecule has 1 aromatic heterocycles. The third kappa shape index (κ3) is 3.39. The summed E-state index contributed by atoms with van der Waals surface area (Å²) in [5.74, 6) is -1.51. The Morgan fingerprint density at radius 1 is 1.38 bits per heavy atom. The molecule has 0 spiro atoms. The van der Waals surface area contributed by atoms with Gasteiger partial charge in [0.15, 0.2) is 8.68 Å². The van der Waals surface area contributed by atoms with Crippen LogP contribution in [-0.4, -0.2) is 24.8 Å². The molecule has 1 aromatic carbocycles. The molecule has 0 amide bonds. The standard InChI is InChI=1S/C12H11ClF2N2O2S2/c1-7-11(20-12(13)16-7)21(18,19)17(2)6-8-3-4-9(14)5-10(8)15/h3-5H,6H2,1-2H3. The van der Waals surface area contributed by atoms with Gasteiger partial charge in [0.05, 0.1) is 5.69 Å². The molecule has 0 aliphatic heterocycles. The van der Waals surface area contributed by atoms with Crippen LogP contribution >= 0.6 is 22.9 Å². The van der Waals surface area contributed by atoms with Gasteiger partial charge in [0.1, 0.15) is 11.6 Å². The van der Waals surface area contributed by atoms with Crippen molar-refractivity contribution in [2.24, 2.45) is 0 Å². The molecule has 0 fully saturated rings. The van der Waals surface area contributed by atoms with E-state index in [-0.39, 0.29) is 26.5 Å². The van der Waals surface area contributed by atoms with Crippen molar-refractivity contribution in [2.45, 2.75) is 17.7 Å². The molecule has 0 saturated carbocycles. The average molecular weight is 353 g/mol. The van der Waals surface area contributed by atoms with Crippen molar-refractivity contribution in [2.75, 3.05) is 7.05 Å². The van der Waals surface area contributed by atoms with E-state index in [1.54, 1.807) is 0 Å². The van der Waals surface area contributed by atoms with Gasteiger partial charge in [0.2, 0.25) is 0 Å². The summed E-state index contributed by atoms with van der Waals surface area (Å²) in [7, 11) is -2.52. The average Bonchev–Trinajstić information content (AvgIpc) is 2.72. The third-order valence-corrected chi connectivity index (χ3v) is 6.43. The minimum Gasteiger partial charge on any atom is -0.229 e. The lowest BCUT2D eigenvalue weighted by molar-refractivity contribution is 0.455. The largest absolute Gasteiger partial charge is 0.254 e. The van der Waals surface area contributed by atoms with E-state index in [0.717, 1.165) is 21.7 Å². The van der Waals surface area contributed by atoms with Crippen LogP contribution in [0.25, 0.3) is 0 Å². The maximum Gasteiger partial charge on any atom is 0.254 e. The molecule has 21 heavy (non-hydrogen) atoms. The lowest BCUT2D eigenvalue weighted by Crippen LogP contribution is -2.26. The molecule has 0 unspecified atom stereocenters. The number of hydrogen-bond donors (Lipinski definition) is 0. The summed E-state index contributed by atoms with van der Waals surface area (Å²) in [6.07, 6.45) is 0. The fourth-order valence-corrected chi connectivity index (χ4v) is 4.78. The zero-order chi connectivity index (χ0) is 15.8. The minimum atomic E-state index is -3.83. The molecule has 1 heterocycles. The van der Waals surface area contributed by atoms with E-state index < -0.39 is 21.7 Å². The Labute approximate surface area is 130 Å². The van der Waals surface area contributed by atoms with Crippen molar-refractivity contribution in [3.05, 3.63) is 45.6 Å². The van der Waals surface area contributed by atoms with Crippen LogP contribution in [0.5, 0.6) is 0 Å². The molecular weight excluding hydrogens is 342 g/mol. The second kappa shape index (κ2) is 5.96. The first kappa shape index (κ1) is 16.3. The molecule has 114 valence electrons. The molecule has 0 aliphatic carbocycles. The molecule has 9 heteroatoms. The summed E-state index contributed by atoms with van der Waals surface area (Å²) in [6, 6.07) is 3.00. The van der Waals surface area contributed by atoms with Crippen LogP contribution < -0.4 is 0 Å². The highest BCUT2D eigenvalue weighted by Crippen LogP contribution is 2.29. The third-order valence-electron chi connectivity index (χ3n) is 2.78. The maximum absolute atomic E-state index is 13.6. The number of sulfonamides is 1. The summed E-state index contributed by atoms with van der Waals surface area (Å²) in [5.41, 5.74) is 0.368. The number of halogens is 3. The quantitative estimate of drug-likeness (QED) is 0.849. The van der Waals surface area contributed by atoms with E-state index in [1.165, 1.54) is 20.0 Å². The van der Waals surface area contributed by atoms with Crippen LogP contribution in [0, 0.1) is 18.6 Å². The molecule has 0 atom stereocenters. The second-order valence-corrected chi connectivity index (χ2v) is 8.16. The van der Waals surface area contributed by atoms with Gasteiger partial charge in [0, 0.05) is 25.2 Å². The zero-order valence-electron chi connectivity index (χ0n) is 11.1. The molecule has 4 nitrogen and oxygen atoms in total. The first-order valence-corrected chi connectivity index (χ1v) is 8.38. The summed E-state index contributed by atoms with van der Waals surface area (Å²) >= 11 is 6.54. The Bertz CT molecular complexity index is 778. The van der Waals surface area contributed by atoms with Gasteiger partial charge in [0.25, 0.3) is 10.0 Å². The van der Waals surface area contributed by atoms with Crippen molar-refractivity contribution in [3.63, 3.8) is 0 Å².